The van der Waals surface area contributed by atoms with Crippen LogP contribution in [0.4, 0.5) is 5.82 Å². The molecule has 0 radical (unpaired) electrons. The van der Waals surface area contributed by atoms with Gasteiger partial charge in [-0.05, 0) is 30.7 Å². The largest absolute Gasteiger partial charge is 0.465 e. The molecule has 84 valence electrons. The minimum atomic E-state index is 0.0440. The first-order chi connectivity index (χ1) is 7.65. The molecule has 0 unspecified atom stereocenters. The summed E-state index contributed by atoms with van der Waals surface area (Å²) in [5.41, 5.74) is 0. The number of rotatable bonds is 3. The molecule has 0 spiro atoms. The van der Waals surface area contributed by atoms with Crippen LogP contribution in [0.15, 0.2) is 16.5 Å². The molecule has 0 aliphatic heterocycles. The summed E-state index contributed by atoms with van der Waals surface area (Å²) in [6.45, 7) is 2.34. The summed E-state index contributed by atoms with van der Waals surface area (Å²) in [5.74, 6) is 2.01. The Bertz CT molecular complexity index is 500. The first-order valence-electron chi connectivity index (χ1n) is 4.50. The van der Waals surface area contributed by atoms with Crippen molar-refractivity contribution in [3.63, 3.8) is 0 Å². The summed E-state index contributed by atoms with van der Waals surface area (Å²) >= 11 is 11.4. The number of anilines is 1. The molecule has 0 amide bonds. The Morgan fingerprint density at radius 2 is 2.12 bits per heavy atom. The fourth-order valence-electron chi connectivity index (χ4n) is 1.16. The Hall–Kier alpha value is -1.33. The Balaban J connectivity index is 2.07. The lowest BCUT2D eigenvalue weighted by Gasteiger charge is -2.03. The molecule has 2 aromatic rings. The van der Waals surface area contributed by atoms with E-state index in [-0.39, 0.29) is 10.4 Å². The summed E-state index contributed by atoms with van der Waals surface area (Å²) in [6, 6.07) is 3.75. The first kappa shape index (κ1) is 11.2. The summed E-state index contributed by atoms with van der Waals surface area (Å²) in [5, 5.41) is 10.3. The predicted molar refractivity (Wildman–Crippen MR) is 60.6 cm³/mol. The number of furan rings is 1. The van der Waals surface area contributed by atoms with Crippen LogP contribution in [0.25, 0.3) is 0 Å². The maximum Gasteiger partial charge on any atom is 0.245 e. The third-order valence-corrected chi connectivity index (χ3v) is 2.26. The normalized spacial score (nSPS) is 10.4. The van der Waals surface area contributed by atoms with Crippen molar-refractivity contribution < 1.29 is 4.42 Å². The molecule has 0 saturated carbocycles. The predicted octanol–water partition coefficient (Wildman–Crippen LogP) is 2.69. The molecule has 0 atom stereocenters. The van der Waals surface area contributed by atoms with Gasteiger partial charge in [0.05, 0.1) is 6.54 Å². The number of halogens is 2. The average molecular weight is 259 g/mol. The van der Waals surface area contributed by atoms with Crippen molar-refractivity contribution in [3.8, 4) is 0 Å². The lowest BCUT2D eigenvalue weighted by atomic mass is 10.4. The highest BCUT2D eigenvalue weighted by molar-refractivity contribution is 6.32. The number of nitrogens with zero attached hydrogens (tertiary/aromatic N) is 3. The van der Waals surface area contributed by atoms with Gasteiger partial charge in [-0.25, -0.2) is 0 Å². The molecule has 2 heterocycles. The molecule has 16 heavy (non-hydrogen) atoms. The summed E-state index contributed by atoms with van der Waals surface area (Å²) in [7, 11) is 0. The highest BCUT2D eigenvalue weighted by Gasteiger charge is 2.06. The molecule has 5 nitrogen and oxygen atoms in total. The molecule has 7 heteroatoms. The van der Waals surface area contributed by atoms with Gasteiger partial charge in [0.2, 0.25) is 5.28 Å². The van der Waals surface area contributed by atoms with Crippen LogP contribution in [0.1, 0.15) is 11.5 Å². The SMILES string of the molecule is Cc1ccc(CNc2nc(Cl)nnc2Cl)o1. The molecular formula is C9H8Cl2N4O. The van der Waals surface area contributed by atoms with Gasteiger partial charge in [-0.3, -0.25) is 0 Å². The molecule has 0 aliphatic rings. The van der Waals surface area contributed by atoms with E-state index in [0.717, 1.165) is 11.5 Å². The van der Waals surface area contributed by atoms with E-state index in [1.54, 1.807) is 0 Å². The van der Waals surface area contributed by atoms with Crippen molar-refractivity contribution >= 4 is 29.0 Å². The molecule has 0 saturated heterocycles. The highest BCUT2D eigenvalue weighted by atomic mass is 35.5. The maximum atomic E-state index is 5.78. The van der Waals surface area contributed by atoms with Gasteiger partial charge >= 0.3 is 0 Å². The zero-order valence-electron chi connectivity index (χ0n) is 8.37. The summed E-state index contributed by atoms with van der Waals surface area (Å²) < 4.78 is 5.37. The standard InChI is InChI=1S/C9H8Cl2N4O/c1-5-2-3-6(16-5)4-12-8-7(10)14-15-9(11)13-8/h2-3H,4H2,1H3,(H,12,13,15). The van der Waals surface area contributed by atoms with Gasteiger partial charge in [0.25, 0.3) is 0 Å². The third-order valence-electron chi connectivity index (χ3n) is 1.85. The molecule has 0 aromatic carbocycles. The first-order valence-corrected chi connectivity index (χ1v) is 5.25. The Kier molecular flexibility index (Phi) is 3.26. The van der Waals surface area contributed by atoms with Crippen LogP contribution in [0.3, 0.4) is 0 Å². The van der Waals surface area contributed by atoms with Gasteiger partial charge in [0, 0.05) is 0 Å². The van der Waals surface area contributed by atoms with Gasteiger partial charge < -0.3 is 9.73 Å². The zero-order valence-corrected chi connectivity index (χ0v) is 9.88. The van der Waals surface area contributed by atoms with Gasteiger partial charge in [-0.2, -0.15) is 4.98 Å². The van der Waals surface area contributed by atoms with Crippen molar-refractivity contribution in [1.29, 1.82) is 0 Å². The van der Waals surface area contributed by atoms with Crippen molar-refractivity contribution in [1.82, 2.24) is 15.2 Å². The van der Waals surface area contributed by atoms with Crippen LogP contribution in [0, 0.1) is 6.92 Å². The Morgan fingerprint density at radius 3 is 2.81 bits per heavy atom. The average Bonchev–Trinajstić information content (AvgIpc) is 2.66. The van der Waals surface area contributed by atoms with Gasteiger partial charge in [0.15, 0.2) is 11.0 Å². The second kappa shape index (κ2) is 4.67. The fraction of sp³-hybridized carbons (Fsp3) is 0.222. The van der Waals surface area contributed by atoms with E-state index in [0.29, 0.717) is 12.4 Å². The summed E-state index contributed by atoms with van der Waals surface area (Å²) in [6.07, 6.45) is 0. The van der Waals surface area contributed by atoms with Gasteiger partial charge in [0.1, 0.15) is 11.5 Å². The quantitative estimate of drug-likeness (QED) is 0.917. The van der Waals surface area contributed by atoms with Crippen LogP contribution in [0.2, 0.25) is 10.4 Å². The van der Waals surface area contributed by atoms with Crippen molar-refractivity contribution in [3.05, 3.63) is 34.1 Å². The molecule has 0 aliphatic carbocycles. The molecule has 0 fully saturated rings. The van der Waals surface area contributed by atoms with Gasteiger partial charge in [-0.15, -0.1) is 10.2 Å². The topological polar surface area (TPSA) is 63.8 Å². The van der Waals surface area contributed by atoms with E-state index < -0.39 is 0 Å². The second-order valence-electron chi connectivity index (χ2n) is 3.09. The Morgan fingerprint density at radius 1 is 1.31 bits per heavy atom. The van der Waals surface area contributed by atoms with Crippen molar-refractivity contribution in [2.45, 2.75) is 13.5 Å². The minimum absolute atomic E-state index is 0.0440. The van der Waals surface area contributed by atoms with E-state index in [4.69, 9.17) is 27.6 Å². The van der Waals surface area contributed by atoms with E-state index in [1.165, 1.54) is 0 Å². The number of nitrogens with one attached hydrogen (secondary N) is 1. The number of aryl methyl sites for hydroxylation is 1. The molecule has 1 N–H and O–H groups in total. The highest BCUT2D eigenvalue weighted by Crippen LogP contribution is 2.17. The lowest BCUT2D eigenvalue weighted by Crippen LogP contribution is -2.03. The third kappa shape index (κ3) is 2.62. The smallest absolute Gasteiger partial charge is 0.245 e. The molecule has 2 aromatic heterocycles. The lowest BCUT2D eigenvalue weighted by molar-refractivity contribution is 0.490. The van der Waals surface area contributed by atoms with Crippen LogP contribution >= 0.6 is 23.2 Å². The summed E-state index contributed by atoms with van der Waals surface area (Å²) in [4.78, 5) is 3.90. The van der Waals surface area contributed by atoms with Gasteiger partial charge in [-0.1, -0.05) is 11.6 Å². The van der Waals surface area contributed by atoms with E-state index in [2.05, 4.69) is 20.5 Å². The van der Waals surface area contributed by atoms with E-state index in [9.17, 15) is 0 Å². The molecule has 0 bridgehead atoms. The van der Waals surface area contributed by atoms with E-state index in [1.807, 2.05) is 19.1 Å². The Labute approximate surface area is 102 Å². The second-order valence-corrected chi connectivity index (χ2v) is 3.78. The minimum Gasteiger partial charge on any atom is -0.465 e. The number of hydrogen-bond donors (Lipinski definition) is 1. The monoisotopic (exact) mass is 258 g/mol. The van der Waals surface area contributed by atoms with Crippen LogP contribution < -0.4 is 5.32 Å². The number of aromatic nitrogens is 3. The maximum absolute atomic E-state index is 5.78. The van der Waals surface area contributed by atoms with Crippen LogP contribution in [-0.4, -0.2) is 15.2 Å². The van der Waals surface area contributed by atoms with Crippen molar-refractivity contribution in [2.75, 3.05) is 5.32 Å². The van der Waals surface area contributed by atoms with Crippen LogP contribution in [-0.2, 0) is 6.54 Å². The van der Waals surface area contributed by atoms with Crippen LogP contribution in [0.5, 0.6) is 0 Å². The molecular weight excluding hydrogens is 251 g/mol. The molecule has 2 rings (SSSR count). The number of hydrogen-bond acceptors (Lipinski definition) is 5. The fourth-order valence-corrected chi connectivity index (χ4v) is 1.43. The van der Waals surface area contributed by atoms with E-state index >= 15 is 0 Å². The van der Waals surface area contributed by atoms with Crippen molar-refractivity contribution in [2.24, 2.45) is 0 Å². The zero-order chi connectivity index (χ0) is 11.5.